The van der Waals surface area contributed by atoms with Crippen molar-refractivity contribution in [2.45, 2.75) is 69.3 Å². The van der Waals surface area contributed by atoms with Gasteiger partial charge in [-0.2, -0.15) is 13.2 Å². The van der Waals surface area contributed by atoms with Gasteiger partial charge in [0.2, 0.25) is 11.8 Å². The molecule has 4 amide bonds. The molecule has 0 bridgehead atoms. The molecule has 2 aromatic heterocycles. The fraction of sp³-hybridized carbons (Fsp3) is 0.600. The van der Waals surface area contributed by atoms with Crippen LogP contribution < -0.4 is 16.0 Å². The summed E-state index contributed by atoms with van der Waals surface area (Å²) < 4.78 is 77.3. The Bertz CT molecular complexity index is 1280. The lowest BCUT2D eigenvalue weighted by Crippen LogP contribution is -2.50. The molecule has 1 saturated carbocycles. The lowest BCUT2D eigenvalue weighted by molar-refractivity contribution is -0.150. The highest BCUT2D eigenvalue weighted by atomic mass is 19.4. The van der Waals surface area contributed by atoms with Crippen LogP contribution in [0.1, 0.15) is 60.4 Å². The number of anilines is 1. The molecule has 0 spiro atoms. The summed E-state index contributed by atoms with van der Waals surface area (Å²) in [4.78, 5) is 43.9. The first-order chi connectivity index (χ1) is 19.8. The maximum Gasteiger partial charge on any atom is 0.410 e. The molecule has 0 radical (unpaired) electrons. The summed E-state index contributed by atoms with van der Waals surface area (Å²) in [7, 11) is 1.32. The van der Waals surface area contributed by atoms with Crippen molar-refractivity contribution in [1.29, 1.82) is 0 Å². The van der Waals surface area contributed by atoms with Gasteiger partial charge in [0.25, 0.3) is 5.91 Å². The Hall–Kier alpha value is -3.89. The molecule has 4 rings (SSSR count). The van der Waals surface area contributed by atoms with Crippen molar-refractivity contribution in [3.63, 3.8) is 0 Å². The van der Waals surface area contributed by atoms with Crippen molar-refractivity contribution < 1.29 is 45.7 Å². The van der Waals surface area contributed by atoms with E-state index >= 15 is 0 Å². The number of urea groups is 1. The zero-order chi connectivity index (χ0) is 30.7. The van der Waals surface area contributed by atoms with Crippen molar-refractivity contribution in [2.75, 3.05) is 25.6 Å². The van der Waals surface area contributed by atoms with Crippen LogP contribution in [0.5, 0.6) is 0 Å². The number of aryl methyl sites for hydroxylation is 1. The highest BCUT2D eigenvalue weighted by molar-refractivity contribution is 6.00. The third-order valence-electron chi connectivity index (χ3n) is 7.36. The molecule has 2 aliphatic rings. The summed E-state index contributed by atoms with van der Waals surface area (Å²) >= 11 is 0. The van der Waals surface area contributed by atoms with Crippen LogP contribution >= 0.6 is 0 Å². The number of rotatable bonds is 10. The van der Waals surface area contributed by atoms with Gasteiger partial charge in [-0.1, -0.05) is 12.1 Å². The van der Waals surface area contributed by atoms with Crippen LogP contribution in [0.2, 0.25) is 0 Å². The van der Waals surface area contributed by atoms with Crippen LogP contribution in [0.4, 0.5) is 32.6 Å². The molecular formula is C25H30F5N7O5. The van der Waals surface area contributed by atoms with Gasteiger partial charge in [-0.05, 0) is 48.0 Å². The predicted octanol–water partition coefficient (Wildman–Crippen LogP) is 3.23. The molecule has 2 fully saturated rings. The largest absolute Gasteiger partial charge is 0.410 e. The average molecular weight is 604 g/mol. The Labute approximate surface area is 236 Å². The molecular weight excluding hydrogens is 573 g/mol. The number of carbonyl (C=O) groups excluding carboxylic acids is 3. The Morgan fingerprint density at radius 2 is 1.98 bits per heavy atom. The maximum atomic E-state index is 13.9. The Balaban J connectivity index is 1.55. The lowest BCUT2D eigenvalue weighted by Gasteiger charge is -2.33. The normalized spacial score (nSPS) is 20.6. The van der Waals surface area contributed by atoms with Gasteiger partial charge >= 0.3 is 12.2 Å². The van der Waals surface area contributed by atoms with E-state index in [4.69, 9.17) is 4.74 Å². The molecule has 17 heteroatoms. The van der Waals surface area contributed by atoms with Gasteiger partial charge in [-0.3, -0.25) is 9.59 Å². The average Bonchev–Trinajstić information content (AvgIpc) is 3.57. The van der Waals surface area contributed by atoms with Crippen LogP contribution in [0.25, 0.3) is 0 Å². The molecule has 1 aliphatic carbocycles. The zero-order valence-electron chi connectivity index (χ0n) is 22.7. The van der Waals surface area contributed by atoms with Gasteiger partial charge in [0.05, 0.1) is 19.2 Å². The number of halogens is 5. The monoisotopic (exact) mass is 603 g/mol. The number of nitrogens with zero attached hydrogens (tertiary/aromatic N) is 4. The minimum Gasteiger partial charge on any atom is -0.382 e. The number of hydrogen-bond donors (Lipinski definition) is 3. The lowest BCUT2D eigenvalue weighted by atomic mass is 9.81. The van der Waals surface area contributed by atoms with Gasteiger partial charge in [0.15, 0.2) is 5.69 Å². The first kappa shape index (κ1) is 31.1. The van der Waals surface area contributed by atoms with E-state index in [-0.39, 0.29) is 36.7 Å². The van der Waals surface area contributed by atoms with E-state index in [2.05, 4.69) is 30.6 Å². The summed E-state index contributed by atoms with van der Waals surface area (Å²) in [6.07, 6.45) is -4.07. The quantitative estimate of drug-likeness (QED) is 0.350. The fourth-order valence-electron chi connectivity index (χ4n) is 5.08. The van der Waals surface area contributed by atoms with Crippen LogP contribution in [0.15, 0.2) is 23.0 Å². The van der Waals surface area contributed by atoms with E-state index in [1.54, 1.807) is 6.92 Å². The first-order valence-electron chi connectivity index (χ1n) is 13.2. The summed E-state index contributed by atoms with van der Waals surface area (Å²) in [6.45, 7) is 0.904. The molecule has 0 aromatic carbocycles. The second-order valence-corrected chi connectivity index (χ2v) is 10.2. The molecule has 12 nitrogen and oxygen atoms in total. The maximum absolute atomic E-state index is 13.9. The molecule has 230 valence electrons. The van der Waals surface area contributed by atoms with Gasteiger partial charge in [-0.25, -0.2) is 23.2 Å². The molecule has 3 atom stereocenters. The van der Waals surface area contributed by atoms with Crippen LogP contribution in [0, 0.1) is 5.92 Å². The third-order valence-corrected chi connectivity index (χ3v) is 7.36. The van der Waals surface area contributed by atoms with Crippen LogP contribution in [-0.4, -0.2) is 82.5 Å². The van der Waals surface area contributed by atoms with E-state index in [0.717, 1.165) is 4.90 Å². The number of nitrogens with one attached hydrogen (secondary N) is 3. The number of amides is 4. The van der Waals surface area contributed by atoms with Crippen molar-refractivity contribution in [1.82, 2.24) is 30.8 Å². The zero-order valence-corrected chi connectivity index (χ0v) is 22.7. The molecule has 1 aliphatic heterocycles. The summed E-state index contributed by atoms with van der Waals surface area (Å²) in [5.41, 5.74) is 0.429. The number of carbonyl (C=O) groups is 3. The van der Waals surface area contributed by atoms with Crippen molar-refractivity contribution in [2.24, 2.45) is 5.92 Å². The minimum absolute atomic E-state index is 0.0386. The van der Waals surface area contributed by atoms with E-state index in [1.807, 2.05) is 5.32 Å². The van der Waals surface area contributed by atoms with E-state index in [9.17, 15) is 36.3 Å². The molecule has 3 heterocycles. The number of alkyl halides is 5. The number of methoxy groups -OCH3 is 1. The smallest absolute Gasteiger partial charge is 0.382 e. The first-order valence-corrected chi connectivity index (χ1v) is 13.2. The van der Waals surface area contributed by atoms with Crippen molar-refractivity contribution >= 4 is 23.7 Å². The number of aromatic nitrogens is 3. The van der Waals surface area contributed by atoms with Gasteiger partial charge in [0, 0.05) is 26.1 Å². The Morgan fingerprint density at radius 3 is 2.60 bits per heavy atom. The molecule has 0 unspecified atom stereocenters. The summed E-state index contributed by atoms with van der Waals surface area (Å²) in [6, 6.07) is -2.39. The summed E-state index contributed by atoms with van der Waals surface area (Å²) in [5, 5.41) is 14.3. The van der Waals surface area contributed by atoms with Crippen LogP contribution in [0.3, 0.4) is 0 Å². The molecule has 1 saturated heterocycles. The standard InChI is InChI=1S/C25H30F5N7O5/c1-3-15-20(36-42-35-15)22(39)34-19(13-4-7-24(26,27)8-5-13)21(38)33-18-10-14(6-9-31-18)16(12-41-2)37-11-17(25(28,29)30)32-23(37)40/h6,9-10,13,16-17,19H,3-5,7-8,11-12H2,1-2H3,(H,32,40)(H,34,39)(H,31,33,38)/t16-,17+,19+/m1/s1. The minimum atomic E-state index is -4.65. The second kappa shape index (κ2) is 12.5. The van der Waals surface area contributed by atoms with Gasteiger partial charge in [-0.15, -0.1) is 0 Å². The van der Waals surface area contributed by atoms with E-state index in [0.29, 0.717) is 12.0 Å². The Morgan fingerprint density at radius 1 is 1.26 bits per heavy atom. The van der Waals surface area contributed by atoms with Crippen molar-refractivity contribution in [3.05, 3.63) is 35.3 Å². The molecule has 42 heavy (non-hydrogen) atoms. The number of ether oxygens (including phenoxy) is 1. The second-order valence-electron chi connectivity index (χ2n) is 10.2. The fourth-order valence-corrected chi connectivity index (χ4v) is 5.08. The van der Waals surface area contributed by atoms with E-state index in [1.165, 1.54) is 25.4 Å². The SMILES string of the molecule is CCc1nonc1C(=O)N[C@H](C(=O)Nc1cc([C@@H](COC)N2C[C@@H](C(F)(F)F)NC2=O)ccn1)C1CCC(F)(F)CC1. The van der Waals surface area contributed by atoms with Gasteiger partial charge in [0.1, 0.15) is 23.6 Å². The van der Waals surface area contributed by atoms with Gasteiger partial charge < -0.3 is 25.6 Å². The summed E-state index contributed by atoms with van der Waals surface area (Å²) in [5.74, 6) is -5.09. The number of pyridine rings is 1. The number of hydrogen-bond acceptors (Lipinski definition) is 8. The molecule has 2 aromatic rings. The van der Waals surface area contributed by atoms with Crippen LogP contribution in [-0.2, 0) is 16.0 Å². The highest BCUT2D eigenvalue weighted by Crippen LogP contribution is 2.38. The predicted molar refractivity (Wildman–Crippen MR) is 134 cm³/mol. The highest BCUT2D eigenvalue weighted by Gasteiger charge is 2.48. The molecule has 3 N–H and O–H groups in total. The van der Waals surface area contributed by atoms with E-state index < -0.39 is 73.4 Å². The Kier molecular flexibility index (Phi) is 9.27. The van der Waals surface area contributed by atoms with Crippen molar-refractivity contribution in [3.8, 4) is 0 Å². The topological polar surface area (TPSA) is 152 Å². The third kappa shape index (κ3) is 7.11.